The van der Waals surface area contributed by atoms with Gasteiger partial charge in [0.2, 0.25) is 0 Å². The minimum atomic E-state index is -0.786. The zero-order chi connectivity index (χ0) is 19.1. The van der Waals surface area contributed by atoms with E-state index in [0.717, 1.165) is 17.2 Å². The fourth-order valence-corrected chi connectivity index (χ4v) is 2.68. The zero-order valence-corrected chi connectivity index (χ0v) is 15.2. The molecule has 1 N–H and O–H groups in total. The van der Waals surface area contributed by atoms with E-state index in [9.17, 15) is 19.7 Å². The number of thioether (sulfide) groups is 1. The predicted molar refractivity (Wildman–Crippen MR) is 98.2 cm³/mol. The molecule has 0 radical (unpaired) electrons. The molecular weight excluding hydrogens is 356 g/mol. The molecule has 2 rings (SSSR count). The molecule has 0 heterocycles. The van der Waals surface area contributed by atoms with Crippen LogP contribution in [0, 0.1) is 17.0 Å². The number of carbonyl (C=O) groups excluding carboxylic acids is 2. The van der Waals surface area contributed by atoms with Crippen molar-refractivity contribution in [3.63, 3.8) is 0 Å². The molecule has 0 aliphatic carbocycles. The number of amides is 1. The summed E-state index contributed by atoms with van der Waals surface area (Å²) in [7, 11) is 0. The molecule has 8 heteroatoms. The van der Waals surface area contributed by atoms with E-state index in [1.165, 1.54) is 23.9 Å². The molecule has 0 atom stereocenters. The van der Waals surface area contributed by atoms with Gasteiger partial charge in [-0.25, -0.2) is 4.79 Å². The van der Waals surface area contributed by atoms with E-state index >= 15 is 0 Å². The van der Waals surface area contributed by atoms with Gasteiger partial charge in [0.1, 0.15) is 0 Å². The lowest BCUT2D eigenvalue weighted by atomic mass is 10.1. The summed E-state index contributed by atoms with van der Waals surface area (Å²) in [5.74, 6) is -1.24. The number of carbonyl (C=O) groups is 2. The van der Waals surface area contributed by atoms with Crippen LogP contribution in [0.5, 0.6) is 0 Å². The van der Waals surface area contributed by atoms with Crippen LogP contribution in [-0.2, 0) is 16.1 Å². The van der Waals surface area contributed by atoms with Gasteiger partial charge in [-0.05, 0) is 30.9 Å². The second-order valence-electron chi connectivity index (χ2n) is 5.48. The van der Waals surface area contributed by atoms with Crippen LogP contribution in [0.1, 0.15) is 21.5 Å². The molecule has 2 aromatic rings. The maximum absolute atomic E-state index is 12.0. The van der Waals surface area contributed by atoms with Crippen LogP contribution in [-0.4, -0.2) is 29.7 Å². The van der Waals surface area contributed by atoms with Gasteiger partial charge in [-0.2, -0.15) is 0 Å². The molecule has 0 saturated carbocycles. The maximum Gasteiger partial charge on any atom is 0.338 e. The van der Waals surface area contributed by atoms with Gasteiger partial charge in [0.25, 0.3) is 11.6 Å². The normalized spacial score (nSPS) is 10.2. The van der Waals surface area contributed by atoms with Crippen molar-refractivity contribution >= 4 is 29.3 Å². The summed E-state index contributed by atoms with van der Waals surface area (Å²) in [4.78, 5) is 34.7. The summed E-state index contributed by atoms with van der Waals surface area (Å²) in [5.41, 5.74) is 1.91. The molecule has 0 aromatic heterocycles. The highest BCUT2D eigenvalue weighted by atomic mass is 32.2. The Labute approximate surface area is 154 Å². The predicted octanol–water partition coefficient (Wildman–Crippen LogP) is 3.10. The monoisotopic (exact) mass is 374 g/mol. The second-order valence-corrected chi connectivity index (χ2v) is 6.33. The van der Waals surface area contributed by atoms with Crippen molar-refractivity contribution in [2.75, 3.05) is 12.9 Å². The van der Waals surface area contributed by atoms with Crippen molar-refractivity contribution in [2.45, 2.75) is 18.4 Å². The van der Waals surface area contributed by atoms with Gasteiger partial charge in [-0.3, -0.25) is 14.9 Å². The van der Waals surface area contributed by atoms with E-state index in [2.05, 4.69) is 5.32 Å². The lowest BCUT2D eigenvalue weighted by Gasteiger charge is -2.08. The van der Waals surface area contributed by atoms with Crippen LogP contribution in [0.4, 0.5) is 5.69 Å². The molecule has 2 aromatic carbocycles. The zero-order valence-electron chi connectivity index (χ0n) is 14.4. The molecule has 26 heavy (non-hydrogen) atoms. The van der Waals surface area contributed by atoms with Crippen molar-refractivity contribution in [3.8, 4) is 0 Å². The van der Waals surface area contributed by atoms with Crippen molar-refractivity contribution in [3.05, 3.63) is 69.3 Å². The first-order valence-corrected chi connectivity index (χ1v) is 8.95. The van der Waals surface area contributed by atoms with E-state index in [4.69, 9.17) is 4.74 Å². The van der Waals surface area contributed by atoms with Gasteiger partial charge in [-0.15, -0.1) is 11.8 Å². The van der Waals surface area contributed by atoms with Crippen LogP contribution in [0.3, 0.4) is 0 Å². The Morgan fingerprint density at radius 3 is 2.50 bits per heavy atom. The second kappa shape index (κ2) is 9.00. The maximum atomic E-state index is 12.0. The lowest BCUT2D eigenvalue weighted by molar-refractivity contribution is -0.387. The molecule has 7 nitrogen and oxygen atoms in total. The van der Waals surface area contributed by atoms with Gasteiger partial charge in [-0.1, -0.05) is 29.8 Å². The summed E-state index contributed by atoms with van der Waals surface area (Å²) in [6, 6.07) is 11.7. The molecule has 1 amide bonds. The van der Waals surface area contributed by atoms with Crippen molar-refractivity contribution in [1.29, 1.82) is 0 Å². The molecule has 0 spiro atoms. The van der Waals surface area contributed by atoms with Crippen LogP contribution < -0.4 is 5.32 Å². The molecule has 136 valence electrons. The first kappa shape index (κ1) is 19.5. The average Bonchev–Trinajstić information content (AvgIpc) is 2.65. The van der Waals surface area contributed by atoms with E-state index in [1.54, 1.807) is 6.26 Å². The van der Waals surface area contributed by atoms with Crippen molar-refractivity contribution in [1.82, 2.24) is 5.32 Å². The molecule has 0 unspecified atom stereocenters. The Bertz CT molecular complexity index is 821. The van der Waals surface area contributed by atoms with Crippen LogP contribution in [0.15, 0.2) is 47.4 Å². The summed E-state index contributed by atoms with van der Waals surface area (Å²) < 4.78 is 4.93. The minimum Gasteiger partial charge on any atom is -0.452 e. The van der Waals surface area contributed by atoms with E-state index in [-0.39, 0.29) is 11.3 Å². The Morgan fingerprint density at radius 1 is 1.19 bits per heavy atom. The summed E-state index contributed by atoms with van der Waals surface area (Å²) in [5, 5.41) is 13.7. The van der Waals surface area contributed by atoms with Gasteiger partial charge >= 0.3 is 5.97 Å². The van der Waals surface area contributed by atoms with Crippen LogP contribution in [0.25, 0.3) is 0 Å². The molecule has 0 bridgehead atoms. The van der Waals surface area contributed by atoms with Gasteiger partial charge in [0.15, 0.2) is 6.61 Å². The van der Waals surface area contributed by atoms with E-state index < -0.39 is 23.4 Å². The van der Waals surface area contributed by atoms with E-state index in [0.29, 0.717) is 11.4 Å². The number of esters is 1. The number of nitrogens with one attached hydrogen (secondary N) is 1. The fraction of sp³-hybridized carbons (Fsp3) is 0.222. The number of hydrogen-bond acceptors (Lipinski definition) is 6. The molecule has 0 aliphatic rings. The number of hydrogen-bond donors (Lipinski definition) is 1. The molecule has 0 fully saturated rings. The van der Waals surface area contributed by atoms with Gasteiger partial charge in [0.05, 0.1) is 15.4 Å². The quantitative estimate of drug-likeness (QED) is 0.346. The molecule has 0 saturated heterocycles. The number of aryl methyl sites for hydroxylation is 1. The Morgan fingerprint density at radius 2 is 1.88 bits per heavy atom. The standard InChI is InChI=1S/C18H18N2O5S/c1-12-3-5-13(6-4-12)10-19-17(21)11-25-18(22)14-7-8-16(26-2)15(9-14)20(23)24/h3-9H,10-11H2,1-2H3,(H,19,21). The first-order chi connectivity index (χ1) is 12.4. The van der Waals surface area contributed by atoms with Gasteiger partial charge < -0.3 is 10.1 Å². The SMILES string of the molecule is CSc1ccc(C(=O)OCC(=O)NCc2ccc(C)cc2)cc1[N+](=O)[O-]. The highest BCUT2D eigenvalue weighted by Gasteiger charge is 2.18. The van der Waals surface area contributed by atoms with Crippen molar-refractivity contribution in [2.24, 2.45) is 0 Å². The van der Waals surface area contributed by atoms with Gasteiger partial charge in [0, 0.05) is 12.6 Å². The summed E-state index contributed by atoms with van der Waals surface area (Å²) in [6.07, 6.45) is 1.71. The summed E-state index contributed by atoms with van der Waals surface area (Å²) >= 11 is 1.21. The number of nitrogens with zero attached hydrogens (tertiary/aromatic N) is 1. The topological polar surface area (TPSA) is 98.5 Å². The summed E-state index contributed by atoms with van der Waals surface area (Å²) in [6.45, 7) is 1.84. The highest BCUT2D eigenvalue weighted by Crippen LogP contribution is 2.28. The number of benzene rings is 2. The molecular formula is C18H18N2O5S. The largest absolute Gasteiger partial charge is 0.452 e. The Balaban J connectivity index is 1.89. The number of nitro benzene ring substituents is 1. The average molecular weight is 374 g/mol. The number of ether oxygens (including phenoxy) is 1. The minimum absolute atomic E-state index is 0.0286. The number of rotatable bonds is 7. The van der Waals surface area contributed by atoms with Crippen LogP contribution in [0.2, 0.25) is 0 Å². The molecule has 0 aliphatic heterocycles. The first-order valence-electron chi connectivity index (χ1n) is 7.72. The Hall–Kier alpha value is -2.87. The third kappa shape index (κ3) is 5.32. The van der Waals surface area contributed by atoms with E-state index in [1.807, 2.05) is 31.2 Å². The lowest BCUT2D eigenvalue weighted by Crippen LogP contribution is -2.28. The van der Waals surface area contributed by atoms with Crippen molar-refractivity contribution < 1.29 is 19.2 Å². The highest BCUT2D eigenvalue weighted by molar-refractivity contribution is 7.98. The Kier molecular flexibility index (Phi) is 6.74. The van der Waals surface area contributed by atoms with Crippen LogP contribution >= 0.6 is 11.8 Å². The fourth-order valence-electron chi connectivity index (χ4n) is 2.13. The third-order valence-electron chi connectivity index (χ3n) is 3.56. The smallest absolute Gasteiger partial charge is 0.338 e. The number of nitro groups is 1. The third-order valence-corrected chi connectivity index (χ3v) is 4.34.